The molecule has 2 heterocycles. The summed E-state index contributed by atoms with van der Waals surface area (Å²) in [5.74, 6) is 0.393. The Morgan fingerprint density at radius 2 is 2.00 bits per heavy atom. The van der Waals surface area contributed by atoms with Gasteiger partial charge in [0.05, 0.1) is 19.7 Å². The molecule has 1 saturated heterocycles. The second-order valence-corrected chi connectivity index (χ2v) is 6.40. The van der Waals surface area contributed by atoms with Crippen LogP contribution in [-0.4, -0.2) is 41.6 Å². The summed E-state index contributed by atoms with van der Waals surface area (Å²) in [6.07, 6.45) is 4.07. The van der Waals surface area contributed by atoms with Crippen LogP contribution in [0.3, 0.4) is 0 Å². The highest BCUT2D eigenvalue weighted by Gasteiger charge is 2.29. The monoisotopic (exact) mass is 356 g/mol. The Kier molecular flexibility index (Phi) is 5.58. The summed E-state index contributed by atoms with van der Waals surface area (Å²) in [7, 11) is 3.59. The van der Waals surface area contributed by atoms with Gasteiger partial charge < -0.3 is 14.6 Å². The number of imide groups is 1. The summed E-state index contributed by atoms with van der Waals surface area (Å²) in [5.41, 5.74) is 1.79. The lowest BCUT2D eigenvalue weighted by molar-refractivity contribution is -0.121. The molecule has 1 atom stereocenters. The fourth-order valence-electron chi connectivity index (χ4n) is 3.36. The number of hydrogen-bond acceptors (Lipinski definition) is 4. The van der Waals surface area contributed by atoms with Gasteiger partial charge in [0, 0.05) is 24.6 Å². The molecule has 0 saturated carbocycles. The quantitative estimate of drug-likeness (QED) is 0.863. The minimum Gasteiger partial charge on any atom is -0.497 e. The first kappa shape index (κ1) is 18.0. The fourth-order valence-corrected chi connectivity index (χ4v) is 3.36. The maximum absolute atomic E-state index is 12.3. The molecular weight excluding hydrogens is 332 g/mol. The molecular formula is C19H24N4O3. The van der Waals surface area contributed by atoms with Crippen LogP contribution in [0, 0.1) is 0 Å². The minimum absolute atomic E-state index is 0.200. The average molecular weight is 356 g/mol. The van der Waals surface area contributed by atoms with E-state index in [0.29, 0.717) is 11.4 Å². The Hall–Kier alpha value is -2.80. The number of rotatable bonds is 5. The SMILES string of the molecule is COc1ccc(NC(=O)NC(=O)CN2CCC[C@@H]2c2cccn2C)cc1. The van der Waals surface area contributed by atoms with Crippen molar-refractivity contribution in [3.8, 4) is 5.75 Å². The van der Waals surface area contributed by atoms with E-state index in [2.05, 4.69) is 26.2 Å². The molecule has 3 amide bonds. The number of ether oxygens (including phenoxy) is 1. The Morgan fingerprint density at radius 3 is 2.65 bits per heavy atom. The fraction of sp³-hybridized carbons (Fsp3) is 0.368. The van der Waals surface area contributed by atoms with Crippen molar-refractivity contribution >= 4 is 17.6 Å². The van der Waals surface area contributed by atoms with Crippen LogP contribution in [0.4, 0.5) is 10.5 Å². The number of anilines is 1. The van der Waals surface area contributed by atoms with Crippen LogP contribution >= 0.6 is 0 Å². The van der Waals surface area contributed by atoms with Crippen LogP contribution in [0.5, 0.6) is 5.75 Å². The lowest BCUT2D eigenvalue weighted by Gasteiger charge is -2.24. The molecule has 2 aromatic rings. The number of benzene rings is 1. The zero-order valence-electron chi connectivity index (χ0n) is 15.1. The van der Waals surface area contributed by atoms with Gasteiger partial charge in [-0.15, -0.1) is 0 Å². The number of nitrogens with one attached hydrogen (secondary N) is 2. The Balaban J connectivity index is 1.52. The lowest BCUT2D eigenvalue weighted by Crippen LogP contribution is -2.41. The van der Waals surface area contributed by atoms with Crippen LogP contribution in [-0.2, 0) is 11.8 Å². The van der Waals surface area contributed by atoms with Crippen molar-refractivity contribution in [3.05, 3.63) is 48.3 Å². The zero-order valence-corrected chi connectivity index (χ0v) is 15.1. The first-order chi connectivity index (χ1) is 12.6. The van der Waals surface area contributed by atoms with E-state index >= 15 is 0 Å². The number of carbonyl (C=O) groups is 2. The summed E-state index contributed by atoms with van der Waals surface area (Å²) < 4.78 is 7.15. The van der Waals surface area contributed by atoms with Crippen molar-refractivity contribution in [1.82, 2.24) is 14.8 Å². The molecule has 7 heteroatoms. The molecule has 1 aromatic heterocycles. The number of hydrogen-bond donors (Lipinski definition) is 2. The van der Waals surface area contributed by atoms with Gasteiger partial charge in [0.2, 0.25) is 5.91 Å². The predicted octanol–water partition coefficient (Wildman–Crippen LogP) is 2.52. The second-order valence-electron chi connectivity index (χ2n) is 6.40. The molecule has 1 aliphatic heterocycles. The second kappa shape index (κ2) is 8.05. The minimum atomic E-state index is -0.533. The molecule has 138 valence electrons. The Morgan fingerprint density at radius 1 is 1.23 bits per heavy atom. The van der Waals surface area contributed by atoms with E-state index in [1.807, 2.05) is 19.3 Å². The summed E-state index contributed by atoms with van der Waals surface area (Å²) in [5, 5.41) is 5.04. The van der Waals surface area contributed by atoms with Crippen molar-refractivity contribution in [2.24, 2.45) is 7.05 Å². The molecule has 0 unspecified atom stereocenters. The number of amides is 3. The highest BCUT2D eigenvalue weighted by Crippen LogP contribution is 2.31. The third kappa shape index (κ3) is 4.23. The summed E-state index contributed by atoms with van der Waals surface area (Å²) >= 11 is 0. The first-order valence-electron chi connectivity index (χ1n) is 8.67. The molecule has 3 rings (SSSR count). The highest BCUT2D eigenvalue weighted by atomic mass is 16.5. The topological polar surface area (TPSA) is 75.6 Å². The molecule has 1 aromatic carbocycles. The van der Waals surface area contributed by atoms with E-state index in [0.717, 1.165) is 19.4 Å². The maximum atomic E-state index is 12.3. The van der Waals surface area contributed by atoms with E-state index in [1.54, 1.807) is 31.4 Å². The molecule has 1 fully saturated rings. The smallest absolute Gasteiger partial charge is 0.325 e. The van der Waals surface area contributed by atoms with Crippen molar-refractivity contribution in [2.75, 3.05) is 25.5 Å². The molecule has 7 nitrogen and oxygen atoms in total. The van der Waals surface area contributed by atoms with Gasteiger partial charge in [0.25, 0.3) is 0 Å². The molecule has 0 bridgehead atoms. The van der Waals surface area contributed by atoms with Gasteiger partial charge in [-0.2, -0.15) is 0 Å². The lowest BCUT2D eigenvalue weighted by atomic mass is 10.1. The number of methoxy groups -OCH3 is 1. The number of carbonyl (C=O) groups excluding carboxylic acids is 2. The van der Waals surface area contributed by atoms with E-state index in [4.69, 9.17) is 4.74 Å². The third-order valence-corrected chi connectivity index (χ3v) is 4.64. The number of aromatic nitrogens is 1. The number of nitrogens with zero attached hydrogens (tertiary/aromatic N) is 2. The first-order valence-corrected chi connectivity index (χ1v) is 8.67. The number of likely N-dealkylation sites (tertiary alicyclic amines) is 1. The van der Waals surface area contributed by atoms with E-state index in [9.17, 15) is 9.59 Å². The van der Waals surface area contributed by atoms with Crippen molar-refractivity contribution in [1.29, 1.82) is 0 Å². The van der Waals surface area contributed by atoms with Crippen LogP contribution in [0.25, 0.3) is 0 Å². The molecule has 2 N–H and O–H groups in total. The summed E-state index contributed by atoms with van der Waals surface area (Å²) in [6, 6.07) is 10.7. The van der Waals surface area contributed by atoms with Gasteiger partial charge in [-0.1, -0.05) is 0 Å². The van der Waals surface area contributed by atoms with Gasteiger partial charge in [0.15, 0.2) is 0 Å². The normalized spacial score (nSPS) is 17.1. The van der Waals surface area contributed by atoms with Crippen LogP contribution < -0.4 is 15.4 Å². The Labute approximate surface area is 152 Å². The largest absolute Gasteiger partial charge is 0.497 e. The maximum Gasteiger partial charge on any atom is 0.325 e. The average Bonchev–Trinajstić information content (AvgIpc) is 3.23. The van der Waals surface area contributed by atoms with Crippen LogP contribution in [0.1, 0.15) is 24.6 Å². The van der Waals surface area contributed by atoms with Gasteiger partial charge in [-0.3, -0.25) is 15.0 Å². The molecule has 0 aliphatic carbocycles. The van der Waals surface area contributed by atoms with Gasteiger partial charge in [0.1, 0.15) is 5.75 Å². The number of aryl methyl sites for hydroxylation is 1. The molecule has 1 aliphatic rings. The van der Waals surface area contributed by atoms with Crippen molar-refractivity contribution < 1.29 is 14.3 Å². The van der Waals surface area contributed by atoms with Crippen molar-refractivity contribution in [3.63, 3.8) is 0 Å². The van der Waals surface area contributed by atoms with E-state index < -0.39 is 6.03 Å². The predicted molar refractivity (Wildman–Crippen MR) is 99.1 cm³/mol. The van der Waals surface area contributed by atoms with Gasteiger partial charge >= 0.3 is 6.03 Å². The van der Waals surface area contributed by atoms with Crippen molar-refractivity contribution in [2.45, 2.75) is 18.9 Å². The van der Waals surface area contributed by atoms with E-state index in [1.165, 1.54) is 5.69 Å². The summed E-state index contributed by atoms with van der Waals surface area (Å²) in [6.45, 7) is 1.05. The van der Waals surface area contributed by atoms with Gasteiger partial charge in [-0.05, 0) is 55.8 Å². The van der Waals surface area contributed by atoms with Crippen LogP contribution in [0.2, 0.25) is 0 Å². The third-order valence-electron chi connectivity index (χ3n) is 4.64. The van der Waals surface area contributed by atoms with E-state index in [-0.39, 0.29) is 18.5 Å². The zero-order chi connectivity index (χ0) is 18.5. The molecule has 0 radical (unpaired) electrons. The number of urea groups is 1. The molecule has 0 spiro atoms. The Bertz CT molecular complexity index is 769. The van der Waals surface area contributed by atoms with Crippen LogP contribution in [0.15, 0.2) is 42.6 Å². The highest BCUT2D eigenvalue weighted by molar-refractivity contribution is 6.01. The standard InChI is InChI=1S/C19H24N4O3/c1-22-11-3-5-16(22)17-6-4-12-23(17)13-18(24)21-19(25)20-14-7-9-15(26-2)10-8-14/h3,5,7-11,17H,4,6,12-13H2,1-2H3,(H2,20,21,24,25)/t17-/m1/s1. The summed E-state index contributed by atoms with van der Waals surface area (Å²) in [4.78, 5) is 26.4. The van der Waals surface area contributed by atoms with Gasteiger partial charge in [-0.25, -0.2) is 4.79 Å². The molecule has 26 heavy (non-hydrogen) atoms.